The zero-order valence-electron chi connectivity index (χ0n) is 11.6. The largest absolute Gasteiger partial charge is 0.488 e. The van der Waals surface area contributed by atoms with Gasteiger partial charge in [0.1, 0.15) is 11.9 Å². The second-order valence-corrected chi connectivity index (χ2v) is 6.07. The van der Waals surface area contributed by atoms with Crippen LogP contribution in [0.4, 0.5) is 0 Å². The van der Waals surface area contributed by atoms with Crippen molar-refractivity contribution in [1.82, 2.24) is 5.32 Å². The Labute approximate surface area is 126 Å². The molecular formula is C16H15NO3S. The zero-order valence-corrected chi connectivity index (χ0v) is 12.4. The summed E-state index contributed by atoms with van der Waals surface area (Å²) in [5.41, 5.74) is 1.17. The van der Waals surface area contributed by atoms with Crippen LogP contribution in [0.25, 0.3) is 0 Å². The summed E-state index contributed by atoms with van der Waals surface area (Å²) < 4.78 is 5.77. The first kappa shape index (κ1) is 13.8. The molecule has 108 valence electrons. The number of carbonyl (C=O) groups excluding carboxylic acids is 2. The number of benzene rings is 1. The van der Waals surface area contributed by atoms with Gasteiger partial charge in [-0.05, 0) is 30.7 Å². The maximum absolute atomic E-state index is 12.0. The number of hydrogen-bond acceptors (Lipinski definition) is 4. The van der Waals surface area contributed by atoms with Crippen LogP contribution in [-0.2, 0) is 6.42 Å². The van der Waals surface area contributed by atoms with Gasteiger partial charge in [0.05, 0.1) is 16.3 Å². The highest BCUT2D eigenvalue weighted by atomic mass is 32.1. The predicted molar refractivity (Wildman–Crippen MR) is 81.2 cm³/mol. The highest BCUT2D eigenvalue weighted by Gasteiger charge is 2.23. The molecule has 1 N–H and O–H groups in total. The van der Waals surface area contributed by atoms with Crippen molar-refractivity contribution in [2.75, 3.05) is 6.54 Å². The smallest absolute Gasteiger partial charge is 0.261 e. The molecule has 0 aliphatic carbocycles. The number of amides is 1. The Morgan fingerprint density at radius 2 is 2.00 bits per heavy atom. The number of thiophene rings is 1. The van der Waals surface area contributed by atoms with Crippen LogP contribution in [0.1, 0.15) is 31.8 Å². The molecule has 0 unspecified atom stereocenters. The lowest BCUT2D eigenvalue weighted by atomic mass is 10.1. The average molecular weight is 301 g/mol. The summed E-state index contributed by atoms with van der Waals surface area (Å²) in [6, 6.07) is 11.3. The van der Waals surface area contributed by atoms with Gasteiger partial charge >= 0.3 is 0 Å². The van der Waals surface area contributed by atoms with Crippen molar-refractivity contribution in [3.63, 3.8) is 0 Å². The third-order valence-electron chi connectivity index (χ3n) is 3.38. The van der Waals surface area contributed by atoms with E-state index < -0.39 is 0 Å². The Morgan fingerprint density at radius 3 is 2.71 bits per heavy atom. The topological polar surface area (TPSA) is 55.4 Å². The fourth-order valence-corrected chi connectivity index (χ4v) is 3.13. The second-order valence-electron chi connectivity index (χ2n) is 4.98. The van der Waals surface area contributed by atoms with Gasteiger partial charge in [0, 0.05) is 6.42 Å². The van der Waals surface area contributed by atoms with Gasteiger partial charge in [0.15, 0.2) is 5.78 Å². The van der Waals surface area contributed by atoms with Gasteiger partial charge < -0.3 is 10.1 Å². The lowest BCUT2D eigenvalue weighted by Crippen LogP contribution is -2.34. The number of fused-ring (bicyclic) bond motifs is 1. The van der Waals surface area contributed by atoms with Gasteiger partial charge in [0.2, 0.25) is 0 Å². The van der Waals surface area contributed by atoms with Crippen LogP contribution in [0.3, 0.4) is 0 Å². The molecule has 1 atom stereocenters. The molecule has 5 heteroatoms. The number of hydrogen-bond donors (Lipinski definition) is 1. The van der Waals surface area contributed by atoms with E-state index in [4.69, 9.17) is 4.74 Å². The number of Topliss-reactive ketones (excluding diaryl/α,β-unsaturated/α-hetero) is 1. The minimum Gasteiger partial charge on any atom is -0.488 e. The normalized spacial score (nSPS) is 16.1. The van der Waals surface area contributed by atoms with Crippen molar-refractivity contribution >= 4 is 23.0 Å². The lowest BCUT2D eigenvalue weighted by Gasteiger charge is -2.11. The van der Waals surface area contributed by atoms with Gasteiger partial charge in [-0.1, -0.05) is 18.2 Å². The summed E-state index contributed by atoms with van der Waals surface area (Å²) in [6.07, 6.45) is 0.776. The molecular weight excluding hydrogens is 286 g/mol. The van der Waals surface area contributed by atoms with Gasteiger partial charge in [-0.15, -0.1) is 11.3 Å². The van der Waals surface area contributed by atoms with Crippen molar-refractivity contribution in [1.29, 1.82) is 0 Å². The van der Waals surface area contributed by atoms with Crippen molar-refractivity contribution in [2.45, 2.75) is 19.4 Å². The minimum absolute atomic E-state index is 0.0198. The molecule has 2 aromatic rings. The summed E-state index contributed by atoms with van der Waals surface area (Å²) in [6.45, 7) is 1.96. The standard InChI is InChI=1S/C16H15NO3S/c1-10(18)14-6-7-15(21-14)16(19)17-9-12-8-11-4-2-3-5-13(11)20-12/h2-7,12H,8-9H2,1H3,(H,17,19)/t12-/m0/s1. The van der Waals surface area contributed by atoms with Gasteiger partial charge in [-0.2, -0.15) is 0 Å². The molecule has 0 bridgehead atoms. The van der Waals surface area contributed by atoms with Crippen LogP contribution in [-0.4, -0.2) is 24.3 Å². The van der Waals surface area contributed by atoms with Gasteiger partial charge in [-0.25, -0.2) is 0 Å². The fraction of sp³-hybridized carbons (Fsp3) is 0.250. The maximum Gasteiger partial charge on any atom is 0.261 e. The Balaban J connectivity index is 1.56. The first-order valence-corrected chi connectivity index (χ1v) is 7.58. The molecule has 0 saturated carbocycles. The molecule has 0 fully saturated rings. The zero-order chi connectivity index (χ0) is 14.8. The number of para-hydroxylation sites is 1. The Hall–Kier alpha value is -2.14. The summed E-state index contributed by atoms with van der Waals surface area (Å²) in [7, 11) is 0. The minimum atomic E-state index is -0.160. The van der Waals surface area contributed by atoms with E-state index in [1.165, 1.54) is 23.8 Å². The third kappa shape index (κ3) is 2.97. The van der Waals surface area contributed by atoms with E-state index in [1.807, 2.05) is 24.3 Å². The molecule has 0 saturated heterocycles. The molecule has 1 amide bonds. The predicted octanol–water partition coefficient (Wildman–Crippen LogP) is 2.68. The molecule has 21 heavy (non-hydrogen) atoms. The Bertz CT molecular complexity index is 667. The van der Waals surface area contributed by atoms with Crippen molar-refractivity contribution in [2.24, 2.45) is 0 Å². The molecule has 4 nitrogen and oxygen atoms in total. The number of carbonyl (C=O) groups is 2. The molecule has 1 aromatic heterocycles. The van der Waals surface area contributed by atoms with E-state index in [9.17, 15) is 9.59 Å². The molecule has 3 rings (SSSR count). The van der Waals surface area contributed by atoms with Crippen LogP contribution < -0.4 is 10.1 Å². The SMILES string of the molecule is CC(=O)c1ccc(C(=O)NC[C@@H]2Cc3ccccc3O2)s1. The highest BCUT2D eigenvalue weighted by Crippen LogP contribution is 2.27. The summed E-state index contributed by atoms with van der Waals surface area (Å²) in [5.74, 6) is 0.715. The summed E-state index contributed by atoms with van der Waals surface area (Å²) in [4.78, 5) is 24.4. The van der Waals surface area contributed by atoms with Crippen molar-refractivity contribution in [3.05, 3.63) is 51.7 Å². The Kier molecular flexibility index (Phi) is 3.75. The van der Waals surface area contributed by atoms with E-state index in [0.29, 0.717) is 16.3 Å². The molecule has 1 aliphatic heterocycles. The lowest BCUT2D eigenvalue weighted by molar-refractivity contribution is 0.0937. The second kappa shape index (κ2) is 5.69. The maximum atomic E-state index is 12.0. The molecule has 1 aromatic carbocycles. The number of ether oxygens (including phenoxy) is 1. The number of rotatable bonds is 4. The first-order valence-electron chi connectivity index (χ1n) is 6.77. The van der Waals surface area contributed by atoms with Crippen LogP contribution in [0, 0.1) is 0 Å². The van der Waals surface area contributed by atoms with Crippen molar-refractivity contribution in [3.8, 4) is 5.75 Å². The first-order chi connectivity index (χ1) is 10.1. The van der Waals surface area contributed by atoms with E-state index >= 15 is 0 Å². The van der Waals surface area contributed by atoms with Crippen LogP contribution in [0.2, 0.25) is 0 Å². The highest BCUT2D eigenvalue weighted by molar-refractivity contribution is 7.15. The van der Waals surface area contributed by atoms with Crippen LogP contribution in [0.15, 0.2) is 36.4 Å². The van der Waals surface area contributed by atoms with Crippen molar-refractivity contribution < 1.29 is 14.3 Å². The molecule has 0 spiro atoms. The number of ketones is 1. The third-order valence-corrected chi connectivity index (χ3v) is 4.57. The molecule has 1 aliphatic rings. The average Bonchev–Trinajstić information content (AvgIpc) is 3.11. The van der Waals surface area contributed by atoms with Gasteiger partial charge in [0.25, 0.3) is 5.91 Å². The Morgan fingerprint density at radius 1 is 1.24 bits per heavy atom. The molecule has 2 heterocycles. The summed E-state index contributed by atoms with van der Waals surface area (Å²) >= 11 is 1.22. The van der Waals surface area contributed by atoms with E-state index in [0.717, 1.165) is 12.2 Å². The van der Waals surface area contributed by atoms with Gasteiger partial charge in [-0.3, -0.25) is 9.59 Å². The molecule has 0 radical (unpaired) electrons. The summed E-state index contributed by atoms with van der Waals surface area (Å²) in [5, 5.41) is 2.86. The van der Waals surface area contributed by atoms with Crippen LogP contribution >= 0.6 is 11.3 Å². The van der Waals surface area contributed by atoms with Crippen LogP contribution in [0.5, 0.6) is 5.75 Å². The fourth-order valence-electron chi connectivity index (χ4n) is 2.31. The van der Waals surface area contributed by atoms with E-state index in [-0.39, 0.29) is 17.8 Å². The van der Waals surface area contributed by atoms with E-state index in [1.54, 1.807) is 12.1 Å². The van der Waals surface area contributed by atoms with E-state index in [2.05, 4.69) is 5.32 Å². The number of nitrogens with one attached hydrogen (secondary N) is 1. The quantitative estimate of drug-likeness (QED) is 0.883. The monoisotopic (exact) mass is 301 g/mol.